The van der Waals surface area contributed by atoms with Gasteiger partial charge in [-0.2, -0.15) is 0 Å². The van der Waals surface area contributed by atoms with Crippen molar-refractivity contribution in [2.75, 3.05) is 24.2 Å². The summed E-state index contributed by atoms with van der Waals surface area (Å²) in [4.78, 5) is 38.3. The third-order valence-corrected chi connectivity index (χ3v) is 5.44. The number of benzene rings is 2. The molecule has 1 aliphatic heterocycles. The number of thioether (sulfide) groups is 1. The van der Waals surface area contributed by atoms with Crippen LogP contribution in [0.4, 0.5) is 10.5 Å². The van der Waals surface area contributed by atoms with Gasteiger partial charge in [0.1, 0.15) is 0 Å². The topological polar surface area (TPSA) is 78.5 Å². The molecular weight excluding hydrogens is 374 g/mol. The largest absolute Gasteiger partial charge is 0.345 e. The summed E-state index contributed by atoms with van der Waals surface area (Å²) in [5.41, 5.74) is 1.88. The molecule has 0 bridgehead atoms. The first kappa shape index (κ1) is 19.9. The van der Waals surface area contributed by atoms with Crippen LogP contribution in [0.1, 0.15) is 35.3 Å². The molecule has 146 valence electrons. The Morgan fingerprint density at radius 2 is 1.82 bits per heavy atom. The fourth-order valence-electron chi connectivity index (χ4n) is 2.97. The summed E-state index contributed by atoms with van der Waals surface area (Å²) < 4.78 is 0. The summed E-state index contributed by atoms with van der Waals surface area (Å²) in [6.45, 7) is 2.98. The van der Waals surface area contributed by atoms with Crippen molar-refractivity contribution in [3.8, 4) is 0 Å². The molecule has 2 N–H and O–H groups in total. The molecule has 1 aliphatic rings. The number of hydrogen-bond acceptors (Lipinski definition) is 4. The molecule has 6 nitrogen and oxygen atoms in total. The van der Waals surface area contributed by atoms with Gasteiger partial charge in [-0.05, 0) is 24.6 Å². The number of carbonyl (C=O) groups is 3. The first-order chi connectivity index (χ1) is 13.5. The fourth-order valence-corrected chi connectivity index (χ4v) is 3.82. The van der Waals surface area contributed by atoms with Crippen molar-refractivity contribution in [3.05, 3.63) is 65.7 Å². The van der Waals surface area contributed by atoms with Gasteiger partial charge >= 0.3 is 0 Å². The third kappa shape index (κ3) is 5.13. The number of anilines is 1. The fraction of sp³-hybridized carbons (Fsp3) is 0.286. The Morgan fingerprint density at radius 3 is 2.54 bits per heavy atom. The molecule has 2 aromatic carbocycles. The van der Waals surface area contributed by atoms with Gasteiger partial charge < -0.3 is 15.5 Å². The van der Waals surface area contributed by atoms with E-state index in [1.54, 1.807) is 29.2 Å². The van der Waals surface area contributed by atoms with Crippen LogP contribution in [-0.2, 0) is 4.79 Å². The molecule has 1 fully saturated rings. The normalized spacial score (nSPS) is 14.6. The maximum atomic E-state index is 12.7. The van der Waals surface area contributed by atoms with E-state index in [1.165, 1.54) is 11.8 Å². The van der Waals surface area contributed by atoms with E-state index in [-0.39, 0.29) is 29.5 Å². The van der Waals surface area contributed by atoms with Gasteiger partial charge in [0.2, 0.25) is 5.91 Å². The van der Waals surface area contributed by atoms with Crippen molar-refractivity contribution < 1.29 is 14.4 Å². The minimum absolute atomic E-state index is 0.0162. The van der Waals surface area contributed by atoms with Crippen LogP contribution >= 0.6 is 11.8 Å². The second kappa shape index (κ2) is 9.41. The number of rotatable bonds is 7. The Balaban J connectivity index is 1.61. The van der Waals surface area contributed by atoms with Crippen LogP contribution in [0.2, 0.25) is 0 Å². The van der Waals surface area contributed by atoms with E-state index < -0.39 is 0 Å². The summed E-state index contributed by atoms with van der Waals surface area (Å²) in [6.07, 6.45) is 0.197. The highest BCUT2D eigenvalue weighted by Gasteiger charge is 2.22. The van der Waals surface area contributed by atoms with Gasteiger partial charge in [-0.1, -0.05) is 54.2 Å². The molecule has 3 rings (SSSR count). The molecule has 1 heterocycles. The lowest BCUT2D eigenvalue weighted by atomic mass is 10.1. The lowest BCUT2D eigenvalue weighted by Gasteiger charge is -2.17. The summed E-state index contributed by atoms with van der Waals surface area (Å²) in [6, 6.07) is 16.5. The molecule has 0 aromatic heterocycles. The van der Waals surface area contributed by atoms with Crippen LogP contribution in [0.15, 0.2) is 54.6 Å². The molecule has 3 amide bonds. The average Bonchev–Trinajstić information content (AvgIpc) is 3.12. The predicted molar refractivity (Wildman–Crippen MR) is 111 cm³/mol. The summed E-state index contributed by atoms with van der Waals surface area (Å²) in [7, 11) is 0. The molecule has 0 radical (unpaired) electrons. The van der Waals surface area contributed by atoms with Crippen molar-refractivity contribution in [2.45, 2.75) is 19.4 Å². The lowest BCUT2D eigenvalue weighted by molar-refractivity contribution is -0.116. The minimum atomic E-state index is -0.252. The molecular formula is C21H23N3O3S. The monoisotopic (exact) mass is 397 g/mol. The Bertz CT molecular complexity index is 857. The highest BCUT2D eigenvalue weighted by atomic mass is 32.2. The van der Waals surface area contributed by atoms with Crippen molar-refractivity contribution in [2.24, 2.45) is 0 Å². The van der Waals surface area contributed by atoms with Crippen molar-refractivity contribution in [1.29, 1.82) is 0 Å². The quantitative estimate of drug-likeness (QED) is 0.747. The average molecular weight is 398 g/mol. The summed E-state index contributed by atoms with van der Waals surface area (Å²) >= 11 is 1.27. The van der Waals surface area contributed by atoms with Crippen LogP contribution in [0.3, 0.4) is 0 Å². The number of nitrogens with zero attached hydrogens (tertiary/aromatic N) is 1. The van der Waals surface area contributed by atoms with E-state index in [1.807, 2.05) is 37.3 Å². The maximum Gasteiger partial charge on any atom is 0.281 e. The highest BCUT2D eigenvalue weighted by Crippen LogP contribution is 2.19. The molecule has 1 saturated heterocycles. The smallest absolute Gasteiger partial charge is 0.281 e. The van der Waals surface area contributed by atoms with Gasteiger partial charge in [-0.15, -0.1) is 0 Å². The van der Waals surface area contributed by atoms with Crippen molar-refractivity contribution in [1.82, 2.24) is 10.2 Å². The minimum Gasteiger partial charge on any atom is -0.345 e. The van der Waals surface area contributed by atoms with Gasteiger partial charge in [0, 0.05) is 25.3 Å². The van der Waals surface area contributed by atoms with Gasteiger partial charge in [-0.25, -0.2) is 0 Å². The van der Waals surface area contributed by atoms with E-state index in [0.29, 0.717) is 24.3 Å². The Kier molecular flexibility index (Phi) is 6.71. The molecule has 0 aliphatic carbocycles. The van der Waals surface area contributed by atoms with E-state index in [2.05, 4.69) is 10.6 Å². The summed E-state index contributed by atoms with van der Waals surface area (Å²) in [5, 5.41) is 5.78. The van der Waals surface area contributed by atoms with E-state index in [0.717, 1.165) is 11.3 Å². The van der Waals surface area contributed by atoms with Gasteiger partial charge in [0.15, 0.2) is 0 Å². The van der Waals surface area contributed by atoms with Crippen molar-refractivity contribution in [3.63, 3.8) is 0 Å². The lowest BCUT2D eigenvalue weighted by Crippen LogP contribution is -2.29. The maximum absolute atomic E-state index is 12.7. The van der Waals surface area contributed by atoms with Crippen molar-refractivity contribution >= 4 is 34.5 Å². The second-order valence-corrected chi connectivity index (χ2v) is 7.60. The molecule has 28 heavy (non-hydrogen) atoms. The van der Waals surface area contributed by atoms with Crippen LogP contribution in [0, 0.1) is 0 Å². The molecule has 1 unspecified atom stereocenters. The Labute approximate surface area is 168 Å². The number of carbonyl (C=O) groups excluding carboxylic acids is 3. The van der Waals surface area contributed by atoms with Crippen LogP contribution in [0.5, 0.6) is 0 Å². The van der Waals surface area contributed by atoms with E-state index in [9.17, 15) is 14.4 Å². The van der Waals surface area contributed by atoms with Gasteiger partial charge in [-0.3, -0.25) is 14.4 Å². The predicted octanol–water partition coefficient (Wildman–Crippen LogP) is 3.68. The third-order valence-electron chi connectivity index (χ3n) is 4.55. The van der Waals surface area contributed by atoms with E-state index in [4.69, 9.17) is 0 Å². The summed E-state index contributed by atoms with van der Waals surface area (Å²) in [5.74, 6) is 0.294. The first-order valence-electron chi connectivity index (χ1n) is 9.21. The molecule has 0 spiro atoms. The zero-order valence-electron chi connectivity index (χ0n) is 15.7. The van der Waals surface area contributed by atoms with Crippen LogP contribution < -0.4 is 10.6 Å². The van der Waals surface area contributed by atoms with Crippen LogP contribution in [-0.4, -0.2) is 40.8 Å². The Hall–Kier alpha value is -2.80. The molecule has 7 heteroatoms. The highest BCUT2D eigenvalue weighted by molar-refractivity contribution is 8.13. The number of nitrogens with one attached hydrogen (secondary N) is 2. The molecule has 0 saturated carbocycles. The number of para-hydroxylation sites is 1. The number of hydrogen-bond donors (Lipinski definition) is 2. The van der Waals surface area contributed by atoms with Gasteiger partial charge in [0.05, 0.1) is 17.3 Å². The number of amides is 3. The molecule has 2 aromatic rings. The zero-order valence-corrected chi connectivity index (χ0v) is 16.5. The standard InChI is InChI=1S/C21H23N3O3S/c1-15(16-7-3-2-4-8-16)22-20(26)17-9-5-6-10-18(17)23-19(25)11-12-24-13-14-28-21(24)27/h2-10,15H,11-14H2,1H3,(H,22,26)(H,23,25). The van der Waals surface area contributed by atoms with Crippen LogP contribution in [0.25, 0.3) is 0 Å². The van der Waals surface area contributed by atoms with E-state index >= 15 is 0 Å². The molecule has 1 atom stereocenters. The second-order valence-electron chi connectivity index (χ2n) is 6.55. The Morgan fingerprint density at radius 1 is 1.11 bits per heavy atom. The zero-order chi connectivity index (χ0) is 19.9. The first-order valence-corrected chi connectivity index (χ1v) is 10.2. The van der Waals surface area contributed by atoms with Gasteiger partial charge in [0.25, 0.3) is 11.1 Å². The SMILES string of the molecule is CC(NC(=O)c1ccccc1NC(=O)CCN1CCSC1=O)c1ccccc1.